The molecule has 0 amide bonds. The topological polar surface area (TPSA) is 46.8 Å². The summed E-state index contributed by atoms with van der Waals surface area (Å²) in [5, 5.41) is 4.85. The predicted octanol–water partition coefficient (Wildman–Crippen LogP) is 6.01. The zero-order valence-corrected chi connectivity index (χ0v) is 20.5. The van der Waals surface area contributed by atoms with Crippen LogP contribution in [0.1, 0.15) is 11.4 Å². The van der Waals surface area contributed by atoms with E-state index in [4.69, 9.17) is 10.1 Å². The first-order valence-electron chi connectivity index (χ1n) is 10.4. The summed E-state index contributed by atoms with van der Waals surface area (Å²) in [5.41, 5.74) is 5.42. The molecule has 0 aliphatic carbocycles. The van der Waals surface area contributed by atoms with Crippen molar-refractivity contribution in [1.82, 2.24) is 19.7 Å². The number of benzene rings is 2. The van der Waals surface area contributed by atoms with E-state index in [-0.39, 0.29) is 21.1 Å². The first-order chi connectivity index (χ1) is 15.7. The standard InChI is InChI=1S/C27H21N5.Pt/c1-20-16-17-25(21(2)28-20)31-19-18-27(30-31)32(23-12-7-4-8-13-23)26-15-9-14-24(29-26)22-10-5-3-6-11-22;/h3-10,12-16,18-19H,1-2H3;/q-2;+2. The van der Waals surface area contributed by atoms with E-state index >= 15 is 0 Å². The summed E-state index contributed by atoms with van der Waals surface area (Å²) in [5.74, 6) is 1.53. The summed E-state index contributed by atoms with van der Waals surface area (Å²) >= 11 is 0. The number of aryl methyl sites for hydroxylation is 2. The van der Waals surface area contributed by atoms with Gasteiger partial charge >= 0.3 is 21.1 Å². The van der Waals surface area contributed by atoms with Crippen molar-refractivity contribution in [1.29, 1.82) is 0 Å². The van der Waals surface area contributed by atoms with Gasteiger partial charge in [0, 0.05) is 18.0 Å². The van der Waals surface area contributed by atoms with Crippen molar-refractivity contribution >= 4 is 17.3 Å². The average molecular weight is 611 g/mol. The van der Waals surface area contributed by atoms with E-state index in [0.717, 1.165) is 45.7 Å². The van der Waals surface area contributed by atoms with Gasteiger partial charge < -0.3 is 4.98 Å². The van der Waals surface area contributed by atoms with Crippen molar-refractivity contribution in [2.24, 2.45) is 0 Å². The van der Waals surface area contributed by atoms with Crippen molar-refractivity contribution < 1.29 is 21.1 Å². The molecule has 5 nitrogen and oxygen atoms in total. The molecule has 164 valence electrons. The molecule has 5 aromatic rings. The van der Waals surface area contributed by atoms with E-state index < -0.39 is 0 Å². The minimum Gasteiger partial charge on any atom is -0.383 e. The zero-order chi connectivity index (χ0) is 21.9. The van der Waals surface area contributed by atoms with Gasteiger partial charge in [-0.05, 0) is 35.3 Å². The number of aromatic nitrogens is 4. The second-order valence-electron chi connectivity index (χ2n) is 7.42. The molecule has 3 aromatic heterocycles. The summed E-state index contributed by atoms with van der Waals surface area (Å²) in [6.07, 6.45) is 1.93. The summed E-state index contributed by atoms with van der Waals surface area (Å²) in [6, 6.07) is 34.3. The van der Waals surface area contributed by atoms with E-state index in [1.54, 1.807) is 0 Å². The Hall–Kier alpha value is -3.56. The Labute approximate surface area is 208 Å². The molecule has 6 heteroatoms. The van der Waals surface area contributed by atoms with E-state index in [1.165, 1.54) is 0 Å². The number of hydrogen-bond donors (Lipinski definition) is 0. The van der Waals surface area contributed by atoms with Gasteiger partial charge in [0.05, 0.1) is 0 Å². The quantitative estimate of drug-likeness (QED) is 0.229. The summed E-state index contributed by atoms with van der Waals surface area (Å²) in [4.78, 5) is 11.5. The normalized spacial score (nSPS) is 10.5. The second kappa shape index (κ2) is 9.93. The largest absolute Gasteiger partial charge is 2.00 e. The minimum absolute atomic E-state index is 0. The van der Waals surface area contributed by atoms with Crippen LogP contribution < -0.4 is 4.90 Å². The molecule has 2 aromatic carbocycles. The molecule has 0 spiro atoms. The Kier molecular flexibility index (Phi) is 6.81. The minimum atomic E-state index is 0. The van der Waals surface area contributed by atoms with Gasteiger partial charge in [0.15, 0.2) is 5.82 Å². The molecule has 0 atom stereocenters. The van der Waals surface area contributed by atoms with E-state index in [9.17, 15) is 0 Å². The molecule has 0 saturated carbocycles. The van der Waals surface area contributed by atoms with E-state index in [0.29, 0.717) is 0 Å². The molecule has 0 fully saturated rings. The Bertz CT molecular complexity index is 1350. The third kappa shape index (κ3) is 4.79. The Morgan fingerprint density at radius 2 is 1.61 bits per heavy atom. The number of para-hydroxylation sites is 1. The van der Waals surface area contributed by atoms with Crippen LogP contribution in [0.4, 0.5) is 17.3 Å². The van der Waals surface area contributed by atoms with Gasteiger partial charge in [-0.15, -0.1) is 35.9 Å². The van der Waals surface area contributed by atoms with Gasteiger partial charge in [-0.25, -0.2) is 0 Å². The molecule has 0 N–H and O–H groups in total. The fourth-order valence-corrected chi connectivity index (χ4v) is 3.63. The summed E-state index contributed by atoms with van der Waals surface area (Å²) in [7, 11) is 0. The maximum Gasteiger partial charge on any atom is 2.00 e. The number of anilines is 3. The Morgan fingerprint density at radius 3 is 2.36 bits per heavy atom. The molecule has 0 aliphatic heterocycles. The maximum absolute atomic E-state index is 4.93. The van der Waals surface area contributed by atoms with Gasteiger partial charge in [0.2, 0.25) is 0 Å². The van der Waals surface area contributed by atoms with Crippen molar-refractivity contribution in [3.8, 4) is 16.9 Å². The van der Waals surface area contributed by atoms with Gasteiger partial charge in [0.1, 0.15) is 5.82 Å². The zero-order valence-electron chi connectivity index (χ0n) is 18.2. The van der Waals surface area contributed by atoms with Crippen LogP contribution in [0.25, 0.3) is 16.9 Å². The van der Waals surface area contributed by atoms with Crippen molar-refractivity contribution in [3.05, 3.63) is 115 Å². The third-order valence-corrected chi connectivity index (χ3v) is 5.10. The summed E-state index contributed by atoms with van der Waals surface area (Å²) < 4.78 is 1.81. The van der Waals surface area contributed by atoms with Gasteiger partial charge in [0.25, 0.3) is 0 Å². The van der Waals surface area contributed by atoms with Crippen LogP contribution in [-0.4, -0.2) is 19.7 Å². The number of rotatable bonds is 5. The smallest absolute Gasteiger partial charge is 0.383 e. The monoisotopic (exact) mass is 610 g/mol. The first-order valence-corrected chi connectivity index (χ1v) is 10.4. The number of hydrogen-bond acceptors (Lipinski definition) is 4. The molecule has 0 radical (unpaired) electrons. The van der Waals surface area contributed by atoms with Crippen LogP contribution in [-0.2, 0) is 21.1 Å². The molecule has 33 heavy (non-hydrogen) atoms. The Morgan fingerprint density at radius 1 is 0.788 bits per heavy atom. The van der Waals surface area contributed by atoms with E-state index in [2.05, 4.69) is 17.1 Å². The van der Waals surface area contributed by atoms with Crippen LogP contribution in [0.15, 0.2) is 91.1 Å². The van der Waals surface area contributed by atoms with Crippen LogP contribution in [0.3, 0.4) is 0 Å². The summed E-state index contributed by atoms with van der Waals surface area (Å²) in [6.45, 7) is 3.93. The third-order valence-electron chi connectivity index (χ3n) is 5.10. The molecular formula is C27H21N5Pt. The van der Waals surface area contributed by atoms with Crippen LogP contribution in [0, 0.1) is 26.0 Å². The fourth-order valence-electron chi connectivity index (χ4n) is 3.63. The second-order valence-corrected chi connectivity index (χ2v) is 7.42. The van der Waals surface area contributed by atoms with Crippen molar-refractivity contribution in [2.75, 3.05) is 4.90 Å². The maximum atomic E-state index is 4.93. The number of pyridine rings is 2. The predicted molar refractivity (Wildman–Crippen MR) is 126 cm³/mol. The first kappa shape index (κ1) is 22.6. The van der Waals surface area contributed by atoms with Gasteiger partial charge in [-0.3, -0.25) is 14.6 Å². The van der Waals surface area contributed by atoms with Gasteiger partial charge in [-0.1, -0.05) is 49.9 Å². The fraction of sp³-hybridized carbons (Fsp3) is 0.0741. The average Bonchev–Trinajstić information content (AvgIpc) is 3.30. The SMILES string of the molecule is Cc1c[c-]c(-n2ccc(N(c3ccccc3)c3cccc(-c4[c-]cccc4)n3)n2)c(C)n1.[Pt+2]. The molecule has 0 unspecified atom stereocenters. The molecule has 0 bridgehead atoms. The van der Waals surface area contributed by atoms with Crippen LogP contribution in [0.5, 0.6) is 0 Å². The number of nitrogens with zero attached hydrogens (tertiary/aromatic N) is 5. The molecule has 0 aliphatic rings. The van der Waals surface area contributed by atoms with Crippen LogP contribution in [0.2, 0.25) is 0 Å². The van der Waals surface area contributed by atoms with E-state index in [1.807, 2.05) is 115 Å². The van der Waals surface area contributed by atoms with Crippen molar-refractivity contribution in [2.45, 2.75) is 13.8 Å². The van der Waals surface area contributed by atoms with Crippen LogP contribution >= 0.6 is 0 Å². The molecule has 0 saturated heterocycles. The molecular weight excluding hydrogens is 589 g/mol. The molecule has 3 heterocycles. The molecule has 5 rings (SSSR count). The Balaban J connectivity index is 0.00000259. The van der Waals surface area contributed by atoms with Crippen molar-refractivity contribution in [3.63, 3.8) is 0 Å². The van der Waals surface area contributed by atoms with Gasteiger partial charge in [-0.2, -0.15) is 17.2 Å².